The Kier molecular flexibility index (Phi) is 5.64. The first-order valence-corrected chi connectivity index (χ1v) is 11.5. The van der Waals surface area contributed by atoms with Crippen molar-refractivity contribution in [3.8, 4) is 0 Å². The Morgan fingerprint density at radius 3 is 2.47 bits per heavy atom. The highest BCUT2D eigenvalue weighted by Crippen LogP contribution is 2.22. The summed E-state index contributed by atoms with van der Waals surface area (Å²) >= 11 is 0. The van der Waals surface area contributed by atoms with Crippen molar-refractivity contribution >= 4 is 38.5 Å². The third-order valence-electron chi connectivity index (χ3n) is 5.36. The van der Waals surface area contributed by atoms with Gasteiger partial charge in [0.1, 0.15) is 17.2 Å². The van der Waals surface area contributed by atoms with E-state index < -0.39 is 21.7 Å². The molecule has 3 aromatic rings. The predicted molar refractivity (Wildman–Crippen MR) is 120 cm³/mol. The van der Waals surface area contributed by atoms with E-state index in [1.807, 2.05) is 11.9 Å². The highest BCUT2D eigenvalue weighted by molar-refractivity contribution is 7.90. The zero-order valence-electron chi connectivity index (χ0n) is 17.9. The zero-order chi connectivity index (χ0) is 23.0. The van der Waals surface area contributed by atoms with Crippen LogP contribution in [0.15, 0.2) is 45.7 Å². The average molecular weight is 456 g/mol. The molecule has 166 valence electrons. The molecular formula is C22H22FN5O3S. The van der Waals surface area contributed by atoms with E-state index in [0.717, 1.165) is 19.0 Å². The maximum Gasteiger partial charge on any atom is 0.283 e. The number of likely N-dealkylation sites (tertiary alicyclic amines) is 1. The molecule has 2 aromatic carbocycles. The number of amides is 1. The summed E-state index contributed by atoms with van der Waals surface area (Å²) < 4.78 is 43.2. The minimum Gasteiger partial charge on any atom is -0.362 e. The first-order valence-electron chi connectivity index (χ1n) is 10.0. The Morgan fingerprint density at radius 1 is 1.12 bits per heavy atom. The SMILES string of the molecule is Cc1nc2cc(F)cc(C(=O)Nc3ccc(S(=O)(=O)/N=C4\CCCN4C)cc3)c2nc1C. The molecule has 0 spiro atoms. The molecule has 4 rings (SSSR count). The molecular weight excluding hydrogens is 433 g/mol. The van der Waals surface area contributed by atoms with Gasteiger partial charge in [0.25, 0.3) is 15.9 Å². The highest BCUT2D eigenvalue weighted by atomic mass is 32.2. The van der Waals surface area contributed by atoms with E-state index in [9.17, 15) is 17.6 Å². The smallest absolute Gasteiger partial charge is 0.283 e. The van der Waals surface area contributed by atoms with E-state index in [1.54, 1.807) is 13.8 Å². The molecule has 0 atom stereocenters. The van der Waals surface area contributed by atoms with Crippen LogP contribution in [0.5, 0.6) is 0 Å². The van der Waals surface area contributed by atoms with Gasteiger partial charge in [0.2, 0.25) is 0 Å². The fraction of sp³-hybridized carbons (Fsp3) is 0.273. The molecule has 0 unspecified atom stereocenters. The summed E-state index contributed by atoms with van der Waals surface area (Å²) in [6.45, 7) is 4.30. The number of amidine groups is 1. The van der Waals surface area contributed by atoms with Crippen LogP contribution in [0.4, 0.5) is 10.1 Å². The monoisotopic (exact) mass is 455 g/mol. The van der Waals surface area contributed by atoms with Crippen LogP contribution in [0.2, 0.25) is 0 Å². The molecule has 0 bridgehead atoms. The van der Waals surface area contributed by atoms with Crippen molar-refractivity contribution in [2.75, 3.05) is 18.9 Å². The maximum atomic E-state index is 14.1. The van der Waals surface area contributed by atoms with Crippen molar-refractivity contribution in [3.63, 3.8) is 0 Å². The molecule has 1 saturated heterocycles. The summed E-state index contributed by atoms with van der Waals surface area (Å²) in [7, 11) is -2.04. The van der Waals surface area contributed by atoms with E-state index in [0.29, 0.717) is 34.8 Å². The van der Waals surface area contributed by atoms with Crippen LogP contribution < -0.4 is 5.32 Å². The van der Waals surface area contributed by atoms with Crippen LogP contribution in [0, 0.1) is 19.7 Å². The van der Waals surface area contributed by atoms with Crippen molar-refractivity contribution < 1.29 is 17.6 Å². The number of carbonyl (C=O) groups is 1. The van der Waals surface area contributed by atoms with E-state index in [-0.39, 0.29) is 16.0 Å². The largest absolute Gasteiger partial charge is 0.362 e. The number of carbonyl (C=O) groups excluding carboxylic acids is 1. The minimum atomic E-state index is -3.85. The molecule has 1 aromatic heterocycles. The summed E-state index contributed by atoms with van der Waals surface area (Å²) in [5, 5.41) is 2.66. The quantitative estimate of drug-likeness (QED) is 0.646. The number of benzene rings is 2. The molecule has 10 heteroatoms. The van der Waals surface area contributed by atoms with Gasteiger partial charge in [-0.05, 0) is 50.6 Å². The van der Waals surface area contributed by atoms with Crippen LogP contribution in [0.25, 0.3) is 11.0 Å². The third-order valence-corrected chi connectivity index (χ3v) is 6.68. The molecule has 2 heterocycles. The second-order valence-electron chi connectivity index (χ2n) is 7.70. The number of rotatable bonds is 4. The van der Waals surface area contributed by atoms with Gasteiger partial charge in [-0.3, -0.25) is 4.79 Å². The lowest BCUT2D eigenvalue weighted by molar-refractivity contribution is 0.102. The Hall–Kier alpha value is -3.40. The Morgan fingerprint density at radius 2 is 1.81 bits per heavy atom. The minimum absolute atomic E-state index is 0.0245. The number of halogens is 1. The fourth-order valence-corrected chi connectivity index (χ4v) is 4.57. The van der Waals surface area contributed by atoms with Gasteiger partial charge >= 0.3 is 0 Å². The second kappa shape index (κ2) is 8.27. The molecule has 0 aliphatic carbocycles. The number of nitrogens with one attached hydrogen (secondary N) is 1. The van der Waals surface area contributed by atoms with Gasteiger partial charge in [-0.2, -0.15) is 8.42 Å². The topological polar surface area (TPSA) is 105 Å². The highest BCUT2D eigenvalue weighted by Gasteiger charge is 2.21. The molecule has 0 saturated carbocycles. The van der Waals surface area contributed by atoms with Gasteiger partial charge in [-0.15, -0.1) is 4.40 Å². The lowest BCUT2D eigenvalue weighted by Gasteiger charge is -2.11. The van der Waals surface area contributed by atoms with Crippen molar-refractivity contribution in [1.29, 1.82) is 0 Å². The number of hydrogen-bond acceptors (Lipinski definition) is 5. The van der Waals surface area contributed by atoms with Crippen LogP contribution in [-0.2, 0) is 10.0 Å². The molecule has 1 aliphatic heterocycles. The van der Waals surface area contributed by atoms with Gasteiger partial charge in [0.15, 0.2) is 0 Å². The molecule has 1 aliphatic rings. The molecule has 1 fully saturated rings. The third kappa shape index (κ3) is 4.31. The Balaban J connectivity index is 1.59. The fourth-order valence-electron chi connectivity index (χ4n) is 3.48. The van der Waals surface area contributed by atoms with Gasteiger partial charge < -0.3 is 10.2 Å². The number of aromatic nitrogens is 2. The Bertz CT molecular complexity index is 1350. The molecule has 32 heavy (non-hydrogen) atoms. The molecule has 0 radical (unpaired) electrons. The number of hydrogen-bond donors (Lipinski definition) is 1. The lowest BCUT2D eigenvalue weighted by Crippen LogP contribution is -2.20. The van der Waals surface area contributed by atoms with Crippen LogP contribution in [0.3, 0.4) is 0 Å². The number of anilines is 1. The number of fused-ring (bicyclic) bond motifs is 1. The van der Waals surface area contributed by atoms with Crippen molar-refractivity contribution in [1.82, 2.24) is 14.9 Å². The van der Waals surface area contributed by atoms with Crippen LogP contribution in [0.1, 0.15) is 34.6 Å². The predicted octanol–water partition coefficient (Wildman–Crippen LogP) is 3.45. The van der Waals surface area contributed by atoms with Crippen molar-refractivity contribution in [3.05, 3.63) is 59.2 Å². The van der Waals surface area contributed by atoms with Gasteiger partial charge in [-0.25, -0.2) is 14.4 Å². The van der Waals surface area contributed by atoms with Gasteiger partial charge in [0, 0.05) is 31.8 Å². The number of sulfonamides is 1. The van der Waals surface area contributed by atoms with E-state index >= 15 is 0 Å². The Labute approximate surface area is 185 Å². The summed E-state index contributed by atoms with van der Waals surface area (Å²) in [5.41, 5.74) is 2.27. The van der Waals surface area contributed by atoms with E-state index in [4.69, 9.17) is 0 Å². The van der Waals surface area contributed by atoms with Crippen LogP contribution in [-0.4, -0.2) is 48.6 Å². The van der Waals surface area contributed by atoms with Gasteiger partial charge in [0.05, 0.1) is 27.4 Å². The zero-order valence-corrected chi connectivity index (χ0v) is 18.7. The first-order chi connectivity index (χ1) is 15.1. The van der Waals surface area contributed by atoms with E-state index in [2.05, 4.69) is 19.7 Å². The summed E-state index contributed by atoms with van der Waals surface area (Å²) in [5.74, 6) is -0.639. The van der Waals surface area contributed by atoms with Crippen LogP contribution >= 0.6 is 0 Å². The summed E-state index contributed by atoms with van der Waals surface area (Å²) in [6, 6.07) is 8.02. The average Bonchev–Trinajstić information content (AvgIpc) is 3.13. The van der Waals surface area contributed by atoms with Gasteiger partial charge in [-0.1, -0.05) is 0 Å². The number of nitrogens with zero attached hydrogens (tertiary/aromatic N) is 4. The maximum absolute atomic E-state index is 14.1. The lowest BCUT2D eigenvalue weighted by atomic mass is 10.1. The summed E-state index contributed by atoms with van der Waals surface area (Å²) in [6.07, 6.45) is 1.49. The molecule has 1 amide bonds. The van der Waals surface area contributed by atoms with Crippen molar-refractivity contribution in [2.45, 2.75) is 31.6 Å². The first kappa shape index (κ1) is 21.8. The standard InChI is InChI=1S/C22H22FN5O3S/c1-13-14(2)25-21-18(11-15(23)12-19(21)24-13)22(29)26-16-6-8-17(9-7-16)32(30,31)27-20-5-4-10-28(20)3/h6-9,11-12H,4-5,10H2,1-3H3,(H,26,29)/b27-20+. The van der Waals surface area contributed by atoms with E-state index in [1.165, 1.54) is 30.3 Å². The molecule has 1 N–H and O–H groups in total. The van der Waals surface area contributed by atoms with Crippen molar-refractivity contribution in [2.24, 2.45) is 4.40 Å². The number of aryl methyl sites for hydroxylation is 2. The normalized spacial score (nSPS) is 15.5. The summed E-state index contributed by atoms with van der Waals surface area (Å²) in [4.78, 5) is 23.4. The second-order valence-corrected chi connectivity index (χ2v) is 9.31. The molecule has 8 nitrogen and oxygen atoms in total.